The number of hydrogen-bond acceptors (Lipinski definition) is 4. The first kappa shape index (κ1) is 16.0. The van der Waals surface area contributed by atoms with Crippen LogP contribution in [0, 0.1) is 13.8 Å². The molecule has 0 heterocycles. The molecule has 20 heavy (non-hydrogen) atoms. The van der Waals surface area contributed by atoms with Gasteiger partial charge in [0.25, 0.3) is 0 Å². The Hall–Kier alpha value is -2.08. The van der Waals surface area contributed by atoms with Gasteiger partial charge in [-0.05, 0) is 25.0 Å². The lowest BCUT2D eigenvalue weighted by Gasteiger charge is -2.12. The number of ether oxygens (including phenoxy) is 1. The van der Waals surface area contributed by atoms with Gasteiger partial charge in [-0.1, -0.05) is 18.2 Å². The van der Waals surface area contributed by atoms with E-state index in [0.717, 1.165) is 16.9 Å². The van der Waals surface area contributed by atoms with Crippen molar-refractivity contribution in [3.8, 4) is 5.75 Å². The summed E-state index contributed by atoms with van der Waals surface area (Å²) in [6, 6.07) is 5.92. The number of hydrogen-bond donors (Lipinski definition) is 3. The van der Waals surface area contributed by atoms with Crippen molar-refractivity contribution in [2.24, 2.45) is 5.73 Å². The highest BCUT2D eigenvalue weighted by Gasteiger charge is 2.05. The molecular weight excluding hydrogens is 258 g/mol. The molecule has 2 amide bonds. The summed E-state index contributed by atoms with van der Waals surface area (Å²) in [5.74, 6) is 0.224. The Balaban J connectivity index is 2.25. The van der Waals surface area contributed by atoms with Crippen LogP contribution in [0.5, 0.6) is 5.75 Å². The van der Waals surface area contributed by atoms with E-state index in [-0.39, 0.29) is 24.9 Å². The summed E-state index contributed by atoms with van der Waals surface area (Å²) in [5, 5.41) is 5.04. The first-order chi connectivity index (χ1) is 9.54. The zero-order chi connectivity index (χ0) is 15.0. The lowest BCUT2D eigenvalue weighted by Crippen LogP contribution is -2.40. The fraction of sp³-hybridized carbons (Fsp3) is 0.429. The van der Waals surface area contributed by atoms with Gasteiger partial charge in [0.2, 0.25) is 11.8 Å². The molecular formula is C14H21N3O3. The minimum Gasteiger partial charge on any atom is -0.491 e. The predicted molar refractivity (Wildman–Crippen MR) is 76.5 cm³/mol. The molecule has 1 rings (SSSR count). The molecule has 0 radical (unpaired) electrons. The maximum atomic E-state index is 11.4. The summed E-state index contributed by atoms with van der Waals surface area (Å²) in [5.41, 5.74) is 7.23. The molecule has 0 aromatic heterocycles. The van der Waals surface area contributed by atoms with Crippen molar-refractivity contribution < 1.29 is 14.3 Å². The van der Waals surface area contributed by atoms with Crippen molar-refractivity contribution in [2.75, 3.05) is 26.2 Å². The van der Waals surface area contributed by atoms with Crippen molar-refractivity contribution in [3.63, 3.8) is 0 Å². The van der Waals surface area contributed by atoms with Crippen LogP contribution in [-0.2, 0) is 9.59 Å². The van der Waals surface area contributed by atoms with Crippen LogP contribution in [0.25, 0.3) is 0 Å². The van der Waals surface area contributed by atoms with Crippen LogP contribution in [0.4, 0.5) is 0 Å². The number of aryl methyl sites for hydroxylation is 2. The van der Waals surface area contributed by atoms with E-state index >= 15 is 0 Å². The van der Waals surface area contributed by atoms with Gasteiger partial charge >= 0.3 is 0 Å². The molecule has 0 aliphatic heterocycles. The Bertz CT molecular complexity index is 454. The zero-order valence-corrected chi connectivity index (χ0v) is 11.9. The summed E-state index contributed by atoms with van der Waals surface area (Å²) in [7, 11) is 0. The Labute approximate surface area is 118 Å². The van der Waals surface area contributed by atoms with Crippen molar-refractivity contribution >= 4 is 11.8 Å². The van der Waals surface area contributed by atoms with Crippen LogP contribution in [0.3, 0.4) is 0 Å². The number of para-hydroxylation sites is 1. The summed E-state index contributed by atoms with van der Waals surface area (Å²) >= 11 is 0. The molecule has 4 N–H and O–H groups in total. The van der Waals surface area contributed by atoms with Gasteiger partial charge in [0.15, 0.2) is 0 Å². The normalized spacial score (nSPS) is 9.95. The van der Waals surface area contributed by atoms with E-state index in [1.807, 2.05) is 32.0 Å². The van der Waals surface area contributed by atoms with E-state index in [0.29, 0.717) is 13.2 Å². The van der Waals surface area contributed by atoms with E-state index in [2.05, 4.69) is 10.6 Å². The van der Waals surface area contributed by atoms with E-state index in [4.69, 9.17) is 10.5 Å². The smallest absolute Gasteiger partial charge is 0.239 e. The molecule has 1 aromatic carbocycles. The zero-order valence-electron chi connectivity index (χ0n) is 11.9. The summed E-state index contributed by atoms with van der Waals surface area (Å²) in [6.07, 6.45) is 0. The molecule has 0 fully saturated rings. The molecule has 0 saturated heterocycles. The molecule has 0 atom stereocenters. The van der Waals surface area contributed by atoms with Gasteiger partial charge in [0.1, 0.15) is 12.4 Å². The Morgan fingerprint density at radius 2 is 1.80 bits per heavy atom. The minimum absolute atomic E-state index is 0.0700. The average molecular weight is 279 g/mol. The molecule has 0 bridgehead atoms. The fourth-order valence-electron chi connectivity index (χ4n) is 1.68. The fourth-order valence-corrected chi connectivity index (χ4v) is 1.68. The second-order valence-electron chi connectivity index (χ2n) is 4.40. The number of rotatable bonds is 7. The highest BCUT2D eigenvalue weighted by Crippen LogP contribution is 2.21. The SMILES string of the molecule is Cc1cccc(C)c1OCCNC(=O)CNC(=O)CN. The molecule has 0 spiro atoms. The van der Waals surface area contributed by atoms with Gasteiger partial charge < -0.3 is 21.1 Å². The molecule has 0 saturated carbocycles. The Kier molecular flexibility index (Phi) is 6.52. The Morgan fingerprint density at radius 1 is 1.15 bits per heavy atom. The second-order valence-corrected chi connectivity index (χ2v) is 4.40. The summed E-state index contributed by atoms with van der Waals surface area (Å²) in [6.45, 7) is 4.52. The first-order valence-corrected chi connectivity index (χ1v) is 6.47. The first-order valence-electron chi connectivity index (χ1n) is 6.47. The predicted octanol–water partition coefficient (Wildman–Crippen LogP) is -0.127. The molecule has 1 aromatic rings. The van der Waals surface area contributed by atoms with E-state index in [9.17, 15) is 9.59 Å². The number of nitrogens with one attached hydrogen (secondary N) is 2. The molecule has 6 nitrogen and oxygen atoms in total. The van der Waals surface area contributed by atoms with Gasteiger partial charge in [-0.3, -0.25) is 9.59 Å². The topological polar surface area (TPSA) is 93.5 Å². The van der Waals surface area contributed by atoms with Crippen LogP contribution in [0.2, 0.25) is 0 Å². The molecule has 0 aliphatic carbocycles. The van der Waals surface area contributed by atoms with Crippen LogP contribution < -0.4 is 21.1 Å². The second kappa shape index (κ2) is 8.16. The monoisotopic (exact) mass is 279 g/mol. The number of carbonyl (C=O) groups is 2. The summed E-state index contributed by atoms with van der Waals surface area (Å²) < 4.78 is 5.64. The van der Waals surface area contributed by atoms with Gasteiger partial charge in [-0.2, -0.15) is 0 Å². The van der Waals surface area contributed by atoms with Crippen LogP contribution in [0.1, 0.15) is 11.1 Å². The third-order valence-electron chi connectivity index (χ3n) is 2.71. The van der Waals surface area contributed by atoms with Crippen LogP contribution in [0.15, 0.2) is 18.2 Å². The largest absolute Gasteiger partial charge is 0.491 e. The minimum atomic E-state index is -0.355. The number of nitrogens with two attached hydrogens (primary N) is 1. The number of carbonyl (C=O) groups excluding carboxylic acids is 2. The Morgan fingerprint density at radius 3 is 2.40 bits per heavy atom. The van der Waals surface area contributed by atoms with Crippen LogP contribution in [-0.4, -0.2) is 38.1 Å². The van der Waals surface area contributed by atoms with Crippen molar-refractivity contribution in [3.05, 3.63) is 29.3 Å². The quantitative estimate of drug-likeness (QED) is 0.606. The maximum Gasteiger partial charge on any atom is 0.239 e. The highest BCUT2D eigenvalue weighted by molar-refractivity contribution is 5.85. The average Bonchev–Trinajstić information content (AvgIpc) is 2.43. The van der Waals surface area contributed by atoms with Crippen molar-refractivity contribution in [1.29, 1.82) is 0 Å². The highest BCUT2D eigenvalue weighted by atomic mass is 16.5. The third kappa shape index (κ3) is 5.27. The van der Waals surface area contributed by atoms with E-state index < -0.39 is 0 Å². The van der Waals surface area contributed by atoms with Crippen molar-refractivity contribution in [1.82, 2.24) is 10.6 Å². The summed E-state index contributed by atoms with van der Waals surface area (Å²) in [4.78, 5) is 22.3. The lowest BCUT2D eigenvalue weighted by atomic mass is 10.1. The number of amides is 2. The van der Waals surface area contributed by atoms with Gasteiger partial charge in [0.05, 0.1) is 19.6 Å². The lowest BCUT2D eigenvalue weighted by molar-refractivity contribution is -0.125. The molecule has 0 aliphatic rings. The standard InChI is InChI=1S/C14H21N3O3/c1-10-4-3-5-11(2)14(10)20-7-6-16-13(19)9-17-12(18)8-15/h3-5H,6-9,15H2,1-2H3,(H,16,19)(H,17,18). The molecule has 0 unspecified atom stereocenters. The molecule has 110 valence electrons. The van der Waals surface area contributed by atoms with Crippen molar-refractivity contribution in [2.45, 2.75) is 13.8 Å². The van der Waals surface area contributed by atoms with E-state index in [1.165, 1.54) is 0 Å². The van der Waals surface area contributed by atoms with Gasteiger partial charge in [-0.15, -0.1) is 0 Å². The van der Waals surface area contributed by atoms with Gasteiger partial charge in [-0.25, -0.2) is 0 Å². The molecule has 6 heteroatoms. The van der Waals surface area contributed by atoms with E-state index in [1.54, 1.807) is 0 Å². The van der Waals surface area contributed by atoms with Gasteiger partial charge in [0, 0.05) is 0 Å². The van der Waals surface area contributed by atoms with Crippen LogP contribution >= 0.6 is 0 Å². The maximum absolute atomic E-state index is 11.4. The number of benzene rings is 1. The third-order valence-corrected chi connectivity index (χ3v) is 2.71.